The number of methoxy groups -OCH3 is 1. The van der Waals surface area contributed by atoms with Crippen molar-refractivity contribution in [3.63, 3.8) is 0 Å². The van der Waals surface area contributed by atoms with Crippen molar-refractivity contribution in [2.75, 3.05) is 7.11 Å². The third kappa shape index (κ3) is 2.79. The Labute approximate surface area is 106 Å². The third-order valence-corrected chi connectivity index (χ3v) is 3.61. The summed E-state index contributed by atoms with van der Waals surface area (Å²) in [6.07, 6.45) is 4.10. The summed E-state index contributed by atoms with van der Waals surface area (Å²) in [5, 5.41) is 10.8. The molecule has 0 bridgehead atoms. The van der Waals surface area contributed by atoms with Crippen molar-refractivity contribution in [2.24, 2.45) is 11.7 Å². The Bertz CT molecular complexity index is 448. The predicted octanol–water partition coefficient (Wildman–Crippen LogP) is 2.27. The highest BCUT2D eigenvalue weighted by atomic mass is 16.6. The number of hydrogen-bond donors (Lipinski definition) is 1. The van der Waals surface area contributed by atoms with Crippen LogP contribution in [0.25, 0.3) is 0 Å². The van der Waals surface area contributed by atoms with E-state index in [0.717, 1.165) is 31.2 Å². The van der Waals surface area contributed by atoms with E-state index in [0.29, 0.717) is 11.7 Å². The number of hydrogen-bond acceptors (Lipinski definition) is 4. The number of benzene rings is 1. The SMILES string of the molecule is COc1cc(CC2CCCC2N)cc([N+](=O)[O-])c1. The fourth-order valence-electron chi connectivity index (χ4n) is 2.61. The molecule has 2 rings (SSSR count). The van der Waals surface area contributed by atoms with Crippen LogP contribution in [0.5, 0.6) is 5.75 Å². The molecule has 1 saturated carbocycles. The summed E-state index contributed by atoms with van der Waals surface area (Å²) in [5.74, 6) is 0.961. The summed E-state index contributed by atoms with van der Waals surface area (Å²) in [5.41, 5.74) is 7.04. The summed E-state index contributed by atoms with van der Waals surface area (Å²) in [6, 6.07) is 5.14. The minimum atomic E-state index is -0.388. The van der Waals surface area contributed by atoms with Crippen LogP contribution in [-0.4, -0.2) is 18.1 Å². The van der Waals surface area contributed by atoms with Gasteiger partial charge in [0.1, 0.15) is 5.75 Å². The highest BCUT2D eigenvalue weighted by Gasteiger charge is 2.24. The molecule has 1 aliphatic rings. The van der Waals surface area contributed by atoms with Gasteiger partial charge in [0.2, 0.25) is 0 Å². The molecule has 18 heavy (non-hydrogen) atoms. The van der Waals surface area contributed by atoms with Gasteiger partial charge in [0.05, 0.1) is 18.1 Å². The molecule has 98 valence electrons. The van der Waals surface area contributed by atoms with Gasteiger partial charge in [-0.3, -0.25) is 10.1 Å². The molecule has 0 heterocycles. The molecular weight excluding hydrogens is 232 g/mol. The van der Waals surface area contributed by atoms with Crippen LogP contribution < -0.4 is 10.5 Å². The summed E-state index contributed by atoms with van der Waals surface area (Å²) in [6.45, 7) is 0. The van der Waals surface area contributed by atoms with Crippen molar-refractivity contribution < 1.29 is 9.66 Å². The van der Waals surface area contributed by atoms with Crippen molar-refractivity contribution in [1.29, 1.82) is 0 Å². The van der Waals surface area contributed by atoms with Gasteiger partial charge in [-0.2, -0.15) is 0 Å². The first-order valence-corrected chi connectivity index (χ1v) is 6.18. The summed E-state index contributed by atoms with van der Waals surface area (Å²) >= 11 is 0. The van der Waals surface area contributed by atoms with Crippen LogP contribution in [-0.2, 0) is 6.42 Å². The predicted molar refractivity (Wildman–Crippen MR) is 68.7 cm³/mol. The molecule has 2 atom stereocenters. The number of rotatable bonds is 4. The third-order valence-electron chi connectivity index (χ3n) is 3.61. The lowest BCUT2D eigenvalue weighted by Gasteiger charge is -2.15. The number of non-ortho nitro benzene ring substituents is 1. The molecule has 0 amide bonds. The van der Waals surface area contributed by atoms with Crippen molar-refractivity contribution in [3.8, 4) is 5.75 Å². The Hall–Kier alpha value is -1.62. The molecule has 2 N–H and O–H groups in total. The minimum absolute atomic E-state index is 0.0796. The van der Waals surface area contributed by atoms with Gasteiger partial charge in [-0.15, -0.1) is 0 Å². The van der Waals surface area contributed by atoms with E-state index >= 15 is 0 Å². The Morgan fingerprint density at radius 2 is 2.22 bits per heavy atom. The van der Waals surface area contributed by atoms with Crippen molar-refractivity contribution in [1.82, 2.24) is 0 Å². The van der Waals surface area contributed by atoms with E-state index in [1.54, 1.807) is 6.07 Å². The average molecular weight is 250 g/mol. The van der Waals surface area contributed by atoms with Crippen molar-refractivity contribution in [3.05, 3.63) is 33.9 Å². The van der Waals surface area contributed by atoms with Gasteiger partial charge >= 0.3 is 0 Å². The monoisotopic (exact) mass is 250 g/mol. The van der Waals surface area contributed by atoms with E-state index < -0.39 is 0 Å². The van der Waals surface area contributed by atoms with Gasteiger partial charge in [-0.25, -0.2) is 0 Å². The number of ether oxygens (including phenoxy) is 1. The zero-order valence-corrected chi connectivity index (χ0v) is 10.5. The fraction of sp³-hybridized carbons (Fsp3) is 0.538. The number of nitrogens with zero attached hydrogens (tertiary/aromatic N) is 1. The second-order valence-corrected chi connectivity index (χ2v) is 4.86. The Morgan fingerprint density at radius 3 is 2.78 bits per heavy atom. The van der Waals surface area contributed by atoms with Crippen LogP contribution in [0.2, 0.25) is 0 Å². The highest BCUT2D eigenvalue weighted by molar-refractivity contribution is 5.43. The molecule has 1 aromatic rings. The first kappa shape index (κ1) is 12.8. The first-order chi connectivity index (χ1) is 8.60. The van der Waals surface area contributed by atoms with Gasteiger partial charge in [0.25, 0.3) is 5.69 Å². The molecule has 0 aliphatic heterocycles. The number of nitro benzene ring substituents is 1. The fourth-order valence-corrected chi connectivity index (χ4v) is 2.61. The molecule has 0 aromatic heterocycles. The van der Waals surface area contributed by atoms with Gasteiger partial charge in [0.15, 0.2) is 0 Å². The van der Waals surface area contributed by atoms with Crippen LogP contribution in [0.1, 0.15) is 24.8 Å². The zero-order chi connectivity index (χ0) is 13.1. The van der Waals surface area contributed by atoms with E-state index in [1.807, 2.05) is 6.07 Å². The van der Waals surface area contributed by atoms with Gasteiger partial charge in [-0.1, -0.05) is 6.42 Å². The van der Waals surface area contributed by atoms with E-state index in [1.165, 1.54) is 13.2 Å². The van der Waals surface area contributed by atoms with E-state index in [9.17, 15) is 10.1 Å². The molecule has 1 fully saturated rings. The topological polar surface area (TPSA) is 78.4 Å². The van der Waals surface area contributed by atoms with Crippen LogP contribution in [0.4, 0.5) is 5.69 Å². The highest BCUT2D eigenvalue weighted by Crippen LogP contribution is 2.30. The summed E-state index contributed by atoms with van der Waals surface area (Å²) < 4.78 is 5.10. The number of nitrogens with two attached hydrogens (primary N) is 1. The van der Waals surface area contributed by atoms with Gasteiger partial charge in [0, 0.05) is 12.1 Å². The quantitative estimate of drug-likeness (QED) is 0.656. The molecule has 5 heteroatoms. The average Bonchev–Trinajstić information content (AvgIpc) is 2.74. The van der Waals surface area contributed by atoms with Crippen molar-refractivity contribution >= 4 is 5.69 Å². The Morgan fingerprint density at radius 1 is 1.44 bits per heavy atom. The van der Waals surface area contributed by atoms with Crippen LogP contribution in [0.15, 0.2) is 18.2 Å². The maximum atomic E-state index is 10.8. The molecule has 0 spiro atoms. The normalized spacial score (nSPS) is 23.0. The van der Waals surface area contributed by atoms with E-state index in [-0.39, 0.29) is 16.7 Å². The molecule has 0 radical (unpaired) electrons. The smallest absolute Gasteiger partial charge is 0.273 e. The second-order valence-electron chi connectivity index (χ2n) is 4.86. The zero-order valence-electron chi connectivity index (χ0n) is 10.5. The van der Waals surface area contributed by atoms with Gasteiger partial charge in [-0.05, 0) is 36.8 Å². The Balaban J connectivity index is 2.21. The molecule has 5 nitrogen and oxygen atoms in total. The maximum absolute atomic E-state index is 10.8. The largest absolute Gasteiger partial charge is 0.496 e. The lowest BCUT2D eigenvalue weighted by Crippen LogP contribution is -2.25. The lowest BCUT2D eigenvalue weighted by molar-refractivity contribution is -0.385. The van der Waals surface area contributed by atoms with Crippen LogP contribution in [0, 0.1) is 16.0 Å². The van der Waals surface area contributed by atoms with Crippen LogP contribution >= 0.6 is 0 Å². The van der Waals surface area contributed by atoms with E-state index in [2.05, 4.69) is 0 Å². The first-order valence-electron chi connectivity index (χ1n) is 6.18. The molecule has 1 aliphatic carbocycles. The van der Waals surface area contributed by atoms with Crippen LogP contribution in [0.3, 0.4) is 0 Å². The molecule has 2 unspecified atom stereocenters. The minimum Gasteiger partial charge on any atom is -0.496 e. The molecular formula is C13H18N2O3. The lowest BCUT2D eigenvalue weighted by atomic mass is 9.95. The molecule has 0 saturated heterocycles. The number of nitro groups is 1. The summed E-state index contributed by atoms with van der Waals surface area (Å²) in [4.78, 5) is 10.5. The van der Waals surface area contributed by atoms with Gasteiger partial charge < -0.3 is 10.5 Å². The summed E-state index contributed by atoms with van der Waals surface area (Å²) in [7, 11) is 1.52. The second kappa shape index (κ2) is 5.35. The standard InChI is InChI=1S/C13H18N2O3/c1-18-12-7-9(6-11(8-12)15(16)17)5-10-3-2-4-13(10)14/h6-8,10,13H,2-5,14H2,1H3. The maximum Gasteiger partial charge on any atom is 0.273 e. The molecule has 1 aromatic carbocycles. The van der Waals surface area contributed by atoms with Crippen molar-refractivity contribution in [2.45, 2.75) is 31.7 Å². The van der Waals surface area contributed by atoms with E-state index in [4.69, 9.17) is 10.5 Å². The Kier molecular flexibility index (Phi) is 3.81.